The third-order valence-electron chi connectivity index (χ3n) is 9.11. The topological polar surface area (TPSA) is 81.9 Å². The van der Waals surface area contributed by atoms with E-state index in [0.717, 1.165) is 37.2 Å². The molecule has 4 aliphatic rings. The van der Waals surface area contributed by atoms with E-state index in [1.54, 1.807) is 9.58 Å². The van der Waals surface area contributed by atoms with E-state index in [-0.39, 0.29) is 44.3 Å². The summed E-state index contributed by atoms with van der Waals surface area (Å²) < 4.78 is 16.2. The van der Waals surface area contributed by atoms with Gasteiger partial charge in [0.2, 0.25) is 5.91 Å². The van der Waals surface area contributed by atoms with E-state index >= 15 is 0 Å². The molecule has 2 atom stereocenters. The summed E-state index contributed by atoms with van der Waals surface area (Å²) in [5.74, 6) is 0.781. The molecule has 3 fully saturated rings. The number of amides is 2. The number of piperidine rings is 1. The Morgan fingerprint density at radius 1 is 1.08 bits per heavy atom. The van der Waals surface area contributed by atoms with E-state index in [2.05, 4.69) is 42.0 Å². The number of aliphatic hydroxyl groups excluding tert-OH is 1. The third-order valence-corrected chi connectivity index (χ3v) is 9.11. The molecule has 6 rings (SSSR count). The van der Waals surface area contributed by atoms with Crippen LogP contribution in [0.3, 0.4) is 0 Å². The maximum absolute atomic E-state index is 14.5. The molecule has 37 heavy (non-hydrogen) atoms. The van der Waals surface area contributed by atoms with Crippen LogP contribution in [0.5, 0.6) is 0 Å². The lowest BCUT2D eigenvalue weighted by atomic mass is 9.94. The molecule has 0 bridgehead atoms. The number of likely N-dealkylation sites (tertiary alicyclic amines) is 1. The lowest BCUT2D eigenvalue weighted by Crippen LogP contribution is -2.50. The average Bonchev–Trinajstić information content (AvgIpc) is 3.44. The molecule has 9 heteroatoms. The maximum Gasteiger partial charge on any atom is 0.274 e. The van der Waals surface area contributed by atoms with Gasteiger partial charge in [-0.3, -0.25) is 14.3 Å². The molecule has 2 saturated heterocycles. The molecule has 2 aromatic rings. The Morgan fingerprint density at radius 2 is 1.81 bits per heavy atom. The van der Waals surface area contributed by atoms with Crippen LogP contribution in [0.15, 0.2) is 18.2 Å². The average molecular weight is 510 g/mol. The summed E-state index contributed by atoms with van der Waals surface area (Å²) in [5.41, 5.74) is 4.68. The minimum absolute atomic E-state index is 0.0358. The van der Waals surface area contributed by atoms with Crippen LogP contribution in [0.25, 0.3) is 0 Å². The monoisotopic (exact) mass is 509 g/mol. The molecule has 1 aromatic carbocycles. The minimum Gasteiger partial charge on any atom is -0.393 e. The SMILES string of the molecule is Cc1cccc(N2CCN(C(=O)Cn3nc(C(=O)N4CCC(F)(CO)CC4)c4c3C[C@H]3C[C@@H]43)CC2)c1C. The standard InChI is InChI=1S/C28H36FN5O3/c1-18-4-3-5-22(19(18)2)31-10-12-32(13-11-31)24(36)16-34-23-15-20-14-21(20)25(23)26(30-34)27(37)33-8-6-28(29,17-35)7-9-33/h3-5,20-21,35H,6-17H2,1-2H3/t20-,21-/m1/s1. The Balaban J connectivity index is 1.13. The van der Waals surface area contributed by atoms with E-state index in [0.29, 0.717) is 30.6 Å². The van der Waals surface area contributed by atoms with Gasteiger partial charge in [-0.05, 0) is 55.7 Å². The lowest BCUT2D eigenvalue weighted by Gasteiger charge is -2.37. The smallest absolute Gasteiger partial charge is 0.274 e. The number of hydrogen-bond donors (Lipinski definition) is 1. The van der Waals surface area contributed by atoms with Crippen LogP contribution in [0, 0.1) is 19.8 Å². The number of rotatable bonds is 5. The van der Waals surface area contributed by atoms with Gasteiger partial charge in [-0.2, -0.15) is 5.10 Å². The van der Waals surface area contributed by atoms with Crippen LogP contribution in [0.2, 0.25) is 0 Å². The summed E-state index contributed by atoms with van der Waals surface area (Å²) >= 11 is 0. The molecule has 198 valence electrons. The Labute approximate surface area is 217 Å². The first-order valence-corrected chi connectivity index (χ1v) is 13.6. The number of fused-ring (bicyclic) bond motifs is 3. The first-order valence-electron chi connectivity index (χ1n) is 13.6. The van der Waals surface area contributed by atoms with Crippen LogP contribution in [-0.4, -0.2) is 88.0 Å². The number of aromatic nitrogens is 2. The van der Waals surface area contributed by atoms with Gasteiger partial charge in [-0.1, -0.05) is 12.1 Å². The molecule has 0 unspecified atom stereocenters. The number of nitrogens with zero attached hydrogens (tertiary/aromatic N) is 5. The third kappa shape index (κ3) is 4.31. The van der Waals surface area contributed by atoms with Gasteiger partial charge < -0.3 is 19.8 Å². The van der Waals surface area contributed by atoms with Crippen molar-refractivity contribution in [3.05, 3.63) is 46.3 Å². The van der Waals surface area contributed by atoms with Gasteiger partial charge in [-0.15, -0.1) is 0 Å². The van der Waals surface area contributed by atoms with Crippen LogP contribution in [0.1, 0.15) is 58.1 Å². The molecule has 2 amide bonds. The number of carbonyl (C=O) groups is 2. The number of alkyl halides is 1. The number of carbonyl (C=O) groups excluding carboxylic acids is 2. The van der Waals surface area contributed by atoms with Gasteiger partial charge in [0.05, 0.1) is 6.61 Å². The number of hydrogen-bond acceptors (Lipinski definition) is 5. The van der Waals surface area contributed by atoms with E-state index in [9.17, 15) is 19.1 Å². The number of aryl methyl sites for hydroxylation is 1. The fourth-order valence-electron chi connectivity index (χ4n) is 6.40. The molecule has 1 N–H and O–H groups in total. The quantitative estimate of drug-likeness (QED) is 0.670. The Hall–Kier alpha value is -2.94. The Morgan fingerprint density at radius 3 is 2.51 bits per heavy atom. The van der Waals surface area contributed by atoms with Crippen LogP contribution < -0.4 is 4.90 Å². The number of piperazine rings is 1. The lowest BCUT2D eigenvalue weighted by molar-refractivity contribution is -0.132. The van der Waals surface area contributed by atoms with Gasteiger partial charge in [-0.25, -0.2) is 4.39 Å². The molecule has 3 heterocycles. The van der Waals surface area contributed by atoms with Crippen molar-refractivity contribution in [2.75, 3.05) is 50.8 Å². The first kappa shape index (κ1) is 24.4. The molecule has 1 aromatic heterocycles. The van der Waals surface area contributed by atoms with Gasteiger partial charge >= 0.3 is 0 Å². The number of halogens is 1. The minimum atomic E-state index is -1.60. The second-order valence-electron chi connectivity index (χ2n) is 11.4. The van der Waals surface area contributed by atoms with Crippen molar-refractivity contribution in [1.82, 2.24) is 19.6 Å². The number of anilines is 1. The molecule has 2 aliphatic heterocycles. The van der Waals surface area contributed by atoms with Crippen molar-refractivity contribution < 1.29 is 19.1 Å². The zero-order chi connectivity index (χ0) is 25.9. The van der Waals surface area contributed by atoms with Gasteiger partial charge in [0, 0.05) is 69.1 Å². The normalized spacial score (nSPS) is 24.2. The highest BCUT2D eigenvalue weighted by atomic mass is 19.1. The zero-order valence-corrected chi connectivity index (χ0v) is 21.7. The van der Waals surface area contributed by atoms with E-state index in [1.807, 2.05) is 4.90 Å². The highest BCUT2D eigenvalue weighted by Gasteiger charge is 2.51. The summed E-state index contributed by atoms with van der Waals surface area (Å²) in [6.07, 6.45) is 2.21. The van der Waals surface area contributed by atoms with E-state index in [1.165, 1.54) is 16.8 Å². The van der Waals surface area contributed by atoms with Gasteiger partial charge in [0.25, 0.3) is 5.91 Å². The van der Waals surface area contributed by atoms with Crippen molar-refractivity contribution >= 4 is 17.5 Å². The summed E-state index contributed by atoms with van der Waals surface area (Å²) in [5, 5.41) is 14.0. The maximum atomic E-state index is 14.5. The van der Waals surface area contributed by atoms with Crippen LogP contribution in [-0.2, 0) is 17.8 Å². The van der Waals surface area contributed by atoms with Crippen LogP contribution >= 0.6 is 0 Å². The Kier molecular flexibility index (Phi) is 6.01. The molecule has 8 nitrogen and oxygen atoms in total. The highest BCUT2D eigenvalue weighted by Crippen LogP contribution is 2.57. The van der Waals surface area contributed by atoms with Crippen molar-refractivity contribution in [3.8, 4) is 0 Å². The summed E-state index contributed by atoms with van der Waals surface area (Å²) in [6.45, 7) is 7.37. The van der Waals surface area contributed by atoms with Crippen LogP contribution in [0.4, 0.5) is 10.1 Å². The Bertz CT molecular complexity index is 1230. The first-order chi connectivity index (χ1) is 17.8. The zero-order valence-electron chi connectivity index (χ0n) is 21.7. The van der Waals surface area contributed by atoms with Crippen molar-refractivity contribution in [1.29, 1.82) is 0 Å². The number of benzene rings is 1. The molecule has 0 spiro atoms. The second kappa shape index (κ2) is 9.11. The van der Waals surface area contributed by atoms with Crippen molar-refractivity contribution in [2.24, 2.45) is 5.92 Å². The summed E-state index contributed by atoms with van der Waals surface area (Å²) in [6, 6.07) is 6.36. The molecular formula is C28H36FN5O3. The largest absolute Gasteiger partial charge is 0.393 e. The predicted molar refractivity (Wildman–Crippen MR) is 138 cm³/mol. The number of aliphatic hydroxyl groups is 1. The molecule has 0 radical (unpaired) electrons. The fourth-order valence-corrected chi connectivity index (χ4v) is 6.40. The predicted octanol–water partition coefficient (Wildman–Crippen LogP) is 2.44. The highest BCUT2D eigenvalue weighted by molar-refractivity contribution is 5.95. The van der Waals surface area contributed by atoms with Gasteiger partial charge in [0.15, 0.2) is 5.69 Å². The molecule has 2 aliphatic carbocycles. The van der Waals surface area contributed by atoms with E-state index < -0.39 is 12.3 Å². The van der Waals surface area contributed by atoms with Gasteiger partial charge in [0.1, 0.15) is 12.2 Å². The van der Waals surface area contributed by atoms with E-state index in [4.69, 9.17) is 0 Å². The summed E-state index contributed by atoms with van der Waals surface area (Å²) in [7, 11) is 0. The fraction of sp³-hybridized carbons (Fsp3) is 0.607. The summed E-state index contributed by atoms with van der Waals surface area (Å²) in [4.78, 5) is 32.6. The van der Waals surface area contributed by atoms with Crippen molar-refractivity contribution in [2.45, 2.75) is 57.7 Å². The second-order valence-corrected chi connectivity index (χ2v) is 11.4. The molecular weight excluding hydrogens is 473 g/mol. The molecule has 1 saturated carbocycles. The van der Waals surface area contributed by atoms with Crippen molar-refractivity contribution in [3.63, 3.8) is 0 Å².